The molecule has 0 aliphatic heterocycles. The van der Waals surface area contributed by atoms with E-state index in [0.717, 1.165) is 29.6 Å². The first-order valence-electron chi connectivity index (χ1n) is 5.57. The quantitative estimate of drug-likeness (QED) is 0.790. The summed E-state index contributed by atoms with van der Waals surface area (Å²) in [7, 11) is -1.45. The first-order chi connectivity index (χ1) is 8.71. The Balaban J connectivity index is 3.49. The molecule has 0 radical (unpaired) electrons. The molecule has 0 spiro atoms. The van der Waals surface area contributed by atoms with Gasteiger partial charge < -0.3 is 4.74 Å². The molecule has 0 aliphatic rings. The van der Waals surface area contributed by atoms with Crippen molar-refractivity contribution in [3.05, 3.63) is 29.6 Å². The van der Waals surface area contributed by atoms with Gasteiger partial charge in [0.25, 0.3) is 0 Å². The van der Waals surface area contributed by atoms with Crippen LogP contribution in [-0.2, 0) is 14.8 Å². The molecule has 0 saturated heterocycles. The van der Waals surface area contributed by atoms with E-state index >= 15 is 0 Å². The van der Waals surface area contributed by atoms with E-state index in [-0.39, 0.29) is 11.6 Å². The molecular weight excluding hydrogens is 273 g/mol. The molecule has 7 heteroatoms. The van der Waals surface area contributed by atoms with Crippen LogP contribution >= 0.6 is 0 Å². The molecule has 1 aromatic rings. The predicted molar refractivity (Wildman–Crippen MR) is 67.8 cm³/mol. The maximum Gasteiger partial charge on any atom is 0.339 e. The maximum atomic E-state index is 13.3. The monoisotopic (exact) mass is 289 g/mol. The van der Waals surface area contributed by atoms with E-state index < -0.39 is 26.7 Å². The lowest BCUT2D eigenvalue weighted by Crippen LogP contribution is -2.34. The highest BCUT2D eigenvalue weighted by Gasteiger charge is 2.29. The summed E-state index contributed by atoms with van der Waals surface area (Å²) < 4.78 is 43.5. The third-order valence-corrected chi connectivity index (χ3v) is 4.81. The van der Waals surface area contributed by atoms with Crippen LogP contribution in [-0.4, -0.2) is 38.9 Å². The Morgan fingerprint density at radius 3 is 2.42 bits per heavy atom. The Labute approximate surface area is 112 Å². The standard InChI is InChI=1S/C12H16FNO4S/c1-8(2)14(3)19(16,17)11-7-9(13)5-6-10(11)12(15)18-4/h5-8H,1-4H3. The molecule has 0 fully saturated rings. The highest BCUT2D eigenvalue weighted by molar-refractivity contribution is 7.89. The fraction of sp³-hybridized carbons (Fsp3) is 0.417. The molecule has 0 aliphatic carbocycles. The molecule has 0 heterocycles. The summed E-state index contributed by atoms with van der Waals surface area (Å²) in [4.78, 5) is 11.2. The molecular formula is C12H16FNO4S. The lowest BCUT2D eigenvalue weighted by Gasteiger charge is -2.22. The number of methoxy groups -OCH3 is 1. The van der Waals surface area contributed by atoms with Crippen molar-refractivity contribution in [2.75, 3.05) is 14.2 Å². The fourth-order valence-electron chi connectivity index (χ4n) is 1.42. The SMILES string of the molecule is COC(=O)c1ccc(F)cc1S(=O)(=O)N(C)C(C)C. The van der Waals surface area contributed by atoms with Crippen LogP contribution in [0.15, 0.2) is 23.1 Å². The number of hydrogen-bond acceptors (Lipinski definition) is 4. The Hall–Kier alpha value is -1.47. The molecule has 1 aromatic carbocycles. The second kappa shape index (κ2) is 5.66. The zero-order valence-corrected chi connectivity index (χ0v) is 12.0. The summed E-state index contributed by atoms with van der Waals surface area (Å²) in [5.41, 5.74) is -0.184. The highest BCUT2D eigenvalue weighted by atomic mass is 32.2. The third-order valence-electron chi connectivity index (χ3n) is 2.73. The molecule has 0 aromatic heterocycles. The van der Waals surface area contributed by atoms with Gasteiger partial charge in [-0.2, -0.15) is 4.31 Å². The van der Waals surface area contributed by atoms with E-state index in [1.54, 1.807) is 13.8 Å². The van der Waals surface area contributed by atoms with Gasteiger partial charge in [0.15, 0.2) is 0 Å². The summed E-state index contributed by atoms with van der Waals surface area (Å²) in [6.07, 6.45) is 0. The number of nitrogens with zero attached hydrogens (tertiary/aromatic N) is 1. The van der Waals surface area contributed by atoms with Crippen LogP contribution < -0.4 is 0 Å². The van der Waals surface area contributed by atoms with Crippen molar-refractivity contribution < 1.29 is 22.3 Å². The number of halogens is 1. The van der Waals surface area contributed by atoms with Gasteiger partial charge in [0.05, 0.1) is 17.6 Å². The Morgan fingerprint density at radius 1 is 1.37 bits per heavy atom. The van der Waals surface area contributed by atoms with Crippen LogP contribution in [0.1, 0.15) is 24.2 Å². The van der Waals surface area contributed by atoms with Gasteiger partial charge in [-0.05, 0) is 32.0 Å². The lowest BCUT2D eigenvalue weighted by atomic mass is 10.2. The molecule has 5 nitrogen and oxygen atoms in total. The van der Waals surface area contributed by atoms with Crippen LogP contribution in [0.4, 0.5) is 4.39 Å². The largest absolute Gasteiger partial charge is 0.465 e. The van der Waals surface area contributed by atoms with E-state index in [1.807, 2.05) is 0 Å². The second-order valence-electron chi connectivity index (χ2n) is 4.25. The zero-order chi connectivity index (χ0) is 14.8. The van der Waals surface area contributed by atoms with Gasteiger partial charge in [-0.1, -0.05) is 0 Å². The van der Waals surface area contributed by atoms with Crippen molar-refractivity contribution >= 4 is 16.0 Å². The first kappa shape index (κ1) is 15.6. The molecule has 0 saturated carbocycles. The number of benzene rings is 1. The molecule has 0 N–H and O–H groups in total. The minimum Gasteiger partial charge on any atom is -0.465 e. The number of esters is 1. The van der Waals surface area contributed by atoms with Crippen molar-refractivity contribution in [1.82, 2.24) is 4.31 Å². The van der Waals surface area contributed by atoms with Gasteiger partial charge in [0.2, 0.25) is 10.0 Å². The van der Waals surface area contributed by atoms with Gasteiger partial charge in [0.1, 0.15) is 5.82 Å². The van der Waals surface area contributed by atoms with Crippen molar-refractivity contribution in [3.8, 4) is 0 Å². The average Bonchev–Trinajstić information content (AvgIpc) is 2.36. The molecule has 0 amide bonds. The van der Waals surface area contributed by atoms with E-state index in [2.05, 4.69) is 4.74 Å². The zero-order valence-electron chi connectivity index (χ0n) is 11.2. The summed E-state index contributed by atoms with van der Waals surface area (Å²) >= 11 is 0. The van der Waals surface area contributed by atoms with Crippen molar-refractivity contribution in [1.29, 1.82) is 0 Å². The molecule has 0 bridgehead atoms. The van der Waals surface area contributed by atoms with E-state index in [9.17, 15) is 17.6 Å². The van der Waals surface area contributed by atoms with Crippen molar-refractivity contribution in [3.63, 3.8) is 0 Å². The van der Waals surface area contributed by atoms with Crippen LogP contribution in [0.5, 0.6) is 0 Å². The van der Waals surface area contributed by atoms with Crippen LogP contribution in [0, 0.1) is 5.82 Å². The van der Waals surface area contributed by atoms with Crippen LogP contribution in [0.3, 0.4) is 0 Å². The number of rotatable bonds is 4. The molecule has 19 heavy (non-hydrogen) atoms. The number of carbonyl (C=O) groups is 1. The highest BCUT2D eigenvalue weighted by Crippen LogP contribution is 2.22. The Morgan fingerprint density at radius 2 is 1.95 bits per heavy atom. The molecule has 0 atom stereocenters. The first-order valence-corrected chi connectivity index (χ1v) is 7.01. The third kappa shape index (κ3) is 3.10. The summed E-state index contributed by atoms with van der Waals surface area (Å²) in [5, 5.41) is 0. The van der Waals surface area contributed by atoms with Gasteiger partial charge in [-0.15, -0.1) is 0 Å². The summed E-state index contributed by atoms with van der Waals surface area (Å²) in [6, 6.07) is 2.61. The fourth-order valence-corrected chi connectivity index (χ4v) is 2.98. The van der Waals surface area contributed by atoms with E-state index in [0.29, 0.717) is 0 Å². The van der Waals surface area contributed by atoms with E-state index in [4.69, 9.17) is 0 Å². The van der Waals surface area contributed by atoms with Crippen LogP contribution in [0.25, 0.3) is 0 Å². The minimum absolute atomic E-state index is 0.184. The summed E-state index contributed by atoms with van der Waals surface area (Å²) in [6.45, 7) is 3.35. The normalized spacial score (nSPS) is 11.9. The van der Waals surface area contributed by atoms with Gasteiger partial charge >= 0.3 is 5.97 Å². The van der Waals surface area contributed by atoms with Crippen LogP contribution in [0.2, 0.25) is 0 Å². The Bertz CT molecular complexity index is 583. The topological polar surface area (TPSA) is 63.7 Å². The van der Waals surface area contributed by atoms with Crippen molar-refractivity contribution in [2.24, 2.45) is 0 Å². The number of carbonyl (C=O) groups excluding carboxylic acids is 1. The molecule has 106 valence electrons. The second-order valence-corrected chi connectivity index (χ2v) is 6.21. The number of hydrogen-bond donors (Lipinski definition) is 0. The van der Waals surface area contributed by atoms with E-state index in [1.165, 1.54) is 7.05 Å². The smallest absolute Gasteiger partial charge is 0.339 e. The molecule has 1 rings (SSSR count). The maximum absolute atomic E-state index is 13.3. The van der Waals surface area contributed by atoms with Crippen molar-refractivity contribution in [2.45, 2.75) is 24.8 Å². The van der Waals surface area contributed by atoms with Gasteiger partial charge in [-0.3, -0.25) is 0 Å². The van der Waals surface area contributed by atoms with Gasteiger partial charge in [0, 0.05) is 13.1 Å². The number of sulfonamides is 1. The number of ether oxygens (including phenoxy) is 1. The minimum atomic E-state index is -3.95. The lowest BCUT2D eigenvalue weighted by molar-refractivity contribution is 0.0596. The predicted octanol–water partition coefficient (Wildman–Crippen LogP) is 1.64. The average molecular weight is 289 g/mol. The molecule has 0 unspecified atom stereocenters. The summed E-state index contributed by atoms with van der Waals surface area (Å²) in [5.74, 6) is -1.56. The Kier molecular flexibility index (Phi) is 4.65. The van der Waals surface area contributed by atoms with Gasteiger partial charge in [-0.25, -0.2) is 17.6 Å².